The molecule has 1 aromatic heterocycles. The molecule has 0 radical (unpaired) electrons. The number of rotatable bonds is 3. The summed E-state index contributed by atoms with van der Waals surface area (Å²) in [4.78, 5) is 13.4. The van der Waals surface area contributed by atoms with Crippen molar-refractivity contribution in [1.82, 2.24) is 4.90 Å². The van der Waals surface area contributed by atoms with E-state index >= 15 is 0 Å². The van der Waals surface area contributed by atoms with Crippen molar-refractivity contribution in [2.75, 3.05) is 6.54 Å². The summed E-state index contributed by atoms with van der Waals surface area (Å²) in [6.07, 6.45) is 3.28. The van der Waals surface area contributed by atoms with Crippen LogP contribution in [0.4, 0.5) is 0 Å². The van der Waals surface area contributed by atoms with Crippen LogP contribution in [0.2, 0.25) is 0 Å². The fourth-order valence-electron chi connectivity index (χ4n) is 3.05. The lowest BCUT2D eigenvalue weighted by molar-refractivity contribution is -0.144. The standard InChI is InChI=1S/C16H19NO3/c1-11-8-12(16(18)19)6-7-17(11)9-13-10-20-15-5-3-2-4-14(13)15/h2-5,10-12H,6-9H2,1H3,(H,18,19). The Morgan fingerprint density at radius 1 is 1.45 bits per heavy atom. The summed E-state index contributed by atoms with van der Waals surface area (Å²) >= 11 is 0. The average Bonchev–Trinajstić information content (AvgIpc) is 2.84. The highest BCUT2D eigenvalue weighted by molar-refractivity contribution is 5.80. The van der Waals surface area contributed by atoms with E-state index in [1.54, 1.807) is 0 Å². The van der Waals surface area contributed by atoms with Gasteiger partial charge < -0.3 is 9.52 Å². The summed E-state index contributed by atoms with van der Waals surface area (Å²) in [5.74, 6) is -0.854. The molecule has 0 spiro atoms. The number of aliphatic carboxylic acids is 1. The minimum atomic E-state index is -0.662. The molecule has 4 nitrogen and oxygen atoms in total. The van der Waals surface area contributed by atoms with Crippen molar-refractivity contribution >= 4 is 16.9 Å². The molecule has 1 saturated heterocycles. The first-order valence-corrected chi connectivity index (χ1v) is 7.07. The van der Waals surface area contributed by atoms with Crippen molar-refractivity contribution in [2.45, 2.75) is 32.4 Å². The predicted octanol–water partition coefficient (Wildman–Crippen LogP) is 3.12. The lowest BCUT2D eigenvalue weighted by Gasteiger charge is -2.36. The number of hydrogen-bond acceptors (Lipinski definition) is 3. The van der Waals surface area contributed by atoms with E-state index in [1.165, 1.54) is 5.56 Å². The summed E-state index contributed by atoms with van der Waals surface area (Å²) in [6, 6.07) is 8.32. The minimum Gasteiger partial charge on any atom is -0.481 e. The van der Waals surface area contributed by atoms with Gasteiger partial charge in [-0.2, -0.15) is 0 Å². The highest BCUT2D eigenvalue weighted by atomic mass is 16.4. The van der Waals surface area contributed by atoms with E-state index in [9.17, 15) is 4.79 Å². The van der Waals surface area contributed by atoms with E-state index in [0.29, 0.717) is 6.04 Å². The molecule has 2 aromatic rings. The fourth-order valence-corrected chi connectivity index (χ4v) is 3.05. The van der Waals surface area contributed by atoms with Gasteiger partial charge in [-0.15, -0.1) is 0 Å². The highest BCUT2D eigenvalue weighted by Gasteiger charge is 2.29. The van der Waals surface area contributed by atoms with Gasteiger partial charge in [0.05, 0.1) is 12.2 Å². The zero-order valence-corrected chi connectivity index (χ0v) is 11.6. The van der Waals surface area contributed by atoms with Gasteiger partial charge in [0.1, 0.15) is 5.58 Å². The van der Waals surface area contributed by atoms with Gasteiger partial charge in [-0.1, -0.05) is 18.2 Å². The van der Waals surface area contributed by atoms with Crippen LogP contribution < -0.4 is 0 Å². The molecule has 20 heavy (non-hydrogen) atoms. The molecule has 0 bridgehead atoms. The number of furan rings is 1. The Morgan fingerprint density at radius 2 is 2.25 bits per heavy atom. The Morgan fingerprint density at radius 3 is 3.00 bits per heavy atom. The van der Waals surface area contributed by atoms with Gasteiger partial charge in [0.25, 0.3) is 0 Å². The van der Waals surface area contributed by atoms with Gasteiger partial charge >= 0.3 is 5.97 Å². The molecular formula is C16H19NO3. The molecule has 2 atom stereocenters. The van der Waals surface area contributed by atoms with Crippen molar-refractivity contribution in [3.8, 4) is 0 Å². The maximum absolute atomic E-state index is 11.1. The van der Waals surface area contributed by atoms with E-state index in [0.717, 1.165) is 36.9 Å². The Hall–Kier alpha value is -1.81. The lowest BCUT2D eigenvalue weighted by Crippen LogP contribution is -2.42. The summed E-state index contributed by atoms with van der Waals surface area (Å²) in [7, 11) is 0. The molecule has 106 valence electrons. The number of hydrogen-bond donors (Lipinski definition) is 1. The zero-order chi connectivity index (χ0) is 14.1. The average molecular weight is 273 g/mol. The van der Waals surface area contributed by atoms with Crippen LogP contribution in [-0.2, 0) is 11.3 Å². The molecule has 2 heterocycles. The molecule has 0 saturated carbocycles. The zero-order valence-electron chi connectivity index (χ0n) is 11.6. The van der Waals surface area contributed by atoms with Crippen LogP contribution in [0.5, 0.6) is 0 Å². The van der Waals surface area contributed by atoms with Crippen LogP contribution in [0.15, 0.2) is 34.9 Å². The van der Waals surface area contributed by atoms with Crippen LogP contribution in [0.3, 0.4) is 0 Å². The second-order valence-electron chi connectivity index (χ2n) is 5.64. The van der Waals surface area contributed by atoms with Gasteiger partial charge in [-0.25, -0.2) is 0 Å². The summed E-state index contributed by atoms with van der Waals surface area (Å²) in [5.41, 5.74) is 2.09. The highest BCUT2D eigenvalue weighted by Crippen LogP contribution is 2.27. The van der Waals surface area contributed by atoms with E-state index in [-0.39, 0.29) is 5.92 Å². The van der Waals surface area contributed by atoms with E-state index < -0.39 is 5.97 Å². The van der Waals surface area contributed by atoms with Crippen LogP contribution in [0.25, 0.3) is 11.0 Å². The number of likely N-dealkylation sites (tertiary alicyclic amines) is 1. The number of para-hydroxylation sites is 1. The Bertz CT molecular complexity index is 619. The quantitative estimate of drug-likeness (QED) is 0.933. The van der Waals surface area contributed by atoms with Crippen LogP contribution in [-0.4, -0.2) is 28.6 Å². The minimum absolute atomic E-state index is 0.192. The van der Waals surface area contributed by atoms with Crippen molar-refractivity contribution in [2.24, 2.45) is 5.92 Å². The Labute approximate surface area is 118 Å². The Kier molecular flexibility index (Phi) is 3.49. The second kappa shape index (κ2) is 5.29. The number of carboxylic acid groups (broad SMARTS) is 1. The summed E-state index contributed by atoms with van der Waals surface area (Å²) < 4.78 is 5.56. The predicted molar refractivity (Wildman–Crippen MR) is 76.4 cm³/mol. The number of fused-ring (bicyclic) bond motifs is 1. The SMILES string of the molecule is CC1CC(C(=O)O)CCN1Cc1coc2ccccc12. The molecule has 0 aliphatic carbocycles. The molecule has 1 N–H and O–H groups in total. The van der Waals surface area contributed by atoms with Crippen LogP contribution >= 0.6 is 0 Å². The molecule has 1 aromatic carbocycles. The van der Waals surface area contributed by atoms with Gasteiger partial charge in [-0.05, 0) is 32.4 Å². The van der Waals surface area contributed by atoms with Crippen molar-refractivity contribution < 1.29 is 14.3 Å². The summed E-state index contributed by atoms with van der Waals surface area (Å²) in [5, 5.41) is 10.3. The number of benzene rings is 1. The number of nitrogens with zero attached hydrogens (tertiary/aromatic N) is 1. The normalized spacial score (nSPS) is 24.1. The molecule has 1 fully saturated rings. The third-order valence-corrected chi connectivity index (χ3v) is 4.30. The first kappa shape index (κ1) is 13.2. The van der Waals surface area contributed by atoms with Crippen LogP contribution in [0, 0.1) is 5.92 Å². The van der Waals surface area contributed by atoms with Gasteiger partial charge in [0.2, 0.25) is 0 Å². The van der Waals surface area contributed by atoms with Gasteiger partial charge in [0, 0.05) is 23.5 Å². The molecule has 4 heteroatoms. The second-order valence-corrected chi connectivity index (χ2v) is 5.64. The maximum Gasteiger partial charge on any atom is 0.306 e. The van der Waals surface area contributed by atoms with E-state index in [4.69, 9.17) is 9.52 Å². The largest absolute Gasteiger partial charge is 0.481 e. The maximum atomic E-state index is 11.1. The van der Waals surface area contributed by atoms with Gasteiger partial charge in [0.15, 0.2) is 0 Å². The van der Waals surface area contributed by atoms with Crippen molar-refractivity contribution in [3.05, 3.63) is 36.1 Å². The number of piperidine rings is 1. The fraction of sp³-hybridized carbons (Fsp3) is 0.438. The van der Waals surface area contributed by atoms with Crippen molar-refractivity contribution in [1.29, 1.82) is 0 Å². The lowest BCUT2D eigenvalue weighted by atomic mass is 9.91. The third-order valence-electron chi connectivity index (χ3n) is 4.30. The van der Waals surface area contributed by atoms with Gasteiger partial charge in [-0.3, -0.25) is 9.69 Å². The molecule has 1 aliphatic rings. The van der Waals surface area contributed by atoms with E-state index in [2.05, 4.69) is 17.9 Å². The molecular weight excluding hydrogens is 254 g/mol. The molecule has 2 unspecified atom stereocenters. The molecule has 3 rings (SSSR count). The molecule has 0 amide bonds. The van der Waals surface area contributed by atoms with Crippen molar-refractivity contribution in [3.63, 3.8) is 0 Å². The smallest absolute Gasteiger partial charge is 0.306 e. The molecule has 1 aliphatic heterocycles. The number of carbonyl (C=O) groups is 1. The first-order chi connectivity index (χ1) is 9.65. The monoisotopic (exact) mass is 273 g/mol. The number of carboxylic acids is 1. The Balaban J connectivity index is 1.74. The summed E-state index contributed by atoms with van der Waals surface area (Å²) in [6.45, 7) is 3.76. The first-order valence-electron chi connectivity index (χ1n) is 7.07. The topological polar surface area (TPSA) is 53.7 Å². The van der Waals surface area contributed by atoms with E-state index in [1.807, 2.05) is 24.5 Å². The van der Waals surface area contributed by atoms with Crippen LogP contribution in [0.1, 0.15) is 25.3 Å². The third kappa shape index (κ3) is 2.43.